The van der Waals surface area contributed by atoms with Gasteiger partial charge in [-0.15, -0.1) is 0 Å². The van der Waals surface area contributed by atoms with Gasteiger partial charge in [-0.1, -0.05) is 6.07 Å². The van der Waals surface area contributed by atoms with E-state index in [1.54, 1.807) is 0 Å². The van der Waals surface area contributed by atoms with Crippen LogP contribution >= 0.6 is 0 Å². The molecule has 4 nitrogen and oxygen atoms in total. The van der Waals surface area contributed by atoms with E-state index < -0.39 is 0 Å². The first-order chi connectivity index (χ1) is 9.31. The SMILES string of the molecule is Cc1ccc(CN2CCC(N3CCNCC3)C2)nc1. The number of aromatic nitrogens is 1. The maximum atomic E-state index is 4.51. The molecule has 0 aliphatic carbocycles. The number of hydrogen-bond acceptors (Lipinski definition) is 4. The first-order valence-electron chi connectivity index (χ1n) is 7.40. The zero-order valence-corrected chi connectivity index (χ0v) is 11.8. The third kappa shape index (κ3) is 3.32. The van der Waals surface area contributed by atoms with Gasteiger partial charge >= 0.3 is 0 Å². The molecule has 1 aromatic rings. The smallest absolute Gasteiger partial charge is 0.0544 e. The van der Waals surface area contributed by atoms with Crippen LogP contribution < -0.4 is 5.32 Å². The molecule has 0 spiro atoms. The average molecular weight is 260 g/mol. The average Bonchev–Trinajstić information content (AvgIpc) is 2.91. The van der Waals surface area contributed by atoms with Gasteiger partial charge in [0.25, 0.3) is 0 Å². The Labute approximate surface area is 115 Å². The molecule has 19 heavy (non-hydrogen) atoms. The summed E-state index contributed by atoms with van der Waals surface area (Å²) in [4.78, 5) is 9.71. The minimum Gasteiger partial charge on any atom is -0.314 e. The van der Waals surface area contributed by atoms with E-state index in [0.717, 1.165) is 25.7 Å². The molecule has 0 amide bonds. The van der Waals surface area contributed by atoms with E-state index in [0.29, 0.717) is 0 Å². The van der Waals surface area contributed by atoms with E-state index in [9.17, 15) is 0 Å². The highest BCUT2D eigenvalue weighted by Crippen LogP contribution is 2.18. The van der Waals surface area contributed by atoms with Crippen molar-refractivity contribution in [3.63, 3.8) is 0 Å². The number of hydrogen-bond donors (Lipinski definition) is 1. The van der Waals surface area contributed by atoms with Gasteiger partial charge in [-0.25, -0.2) is 0 Å². The Morgan fingerprint density at radius 2 is 2.11 bits per heavy atom. The molecule has 104 valence electrons. The Balaban J connectivity index is 1.52. The molecule has 3 heterocycles. The summed E-state index contributed by atoms with van der Waals surface area (Å²) in [5.74, 6) is 0. The van der Waals surface area contributed by atoms with Crippen LogP contribution in [0.4, 0.5) is 0 Å². The van der Waals surface area contributed by atoms with Gasteiger partial charge in [-0.05, 0) is 25.0 Å². The normalized spacial score (nSPS) is 25.8. The van der Waals surface area contributed by atoms with E-state index in [2.05, 4.69) is 39.2 Å². The highest BCUT2D eigenvalue weighted by Gasteiger charge is 2.28. The van der Waals surface area contributed by atoms with Gasteiger partial charge in [-0.3, -0.25) is 14.8 Å². The van der Waals surface area contributed by atoms with Gasteiger partial charge in [0.15, 0.2) is 0 Å². The molecule has 2 aliphatic rings. The molecule has 1 N–H and O–H groups in total. The molecule has 3 rings (SSSR count). The molecule has 0 aromatic carbocycles. The molecule has 1 atom stereocenters. The monoisotopic (exact) mass is 260 g/mol. The number of nitrogens with zero attached hydrogens (tertiary/aromatic N) is 3. The van der Waals surface area contributed by atoms with Crippen LogP contribution in [0.3, 0.4) is 0 Å². The second-order valence-electron chi connectivity index (χ2n) is 5.79. The molecule has 2 fully saturated rings. The number of pyridine rings is 1. The van der Waals surface area contributed by atoms with E-state index in [1.165, 1.54) is 43.9 Å². The Hall–Kier alpha value is -0.970. The summed E-state index contributed by atoms with van der Waals surface area (Å²) in [6, 6.07) is 5.08. The number of piperazine rings is 1. The topological polar surface area (TPSA) is 31.4 Å². The van der Waals surface area contributed by atoms with Gasteiger partial charge < -0.3 is 5.32 Å². The lowest BCUT2D eigenvalue weighted by atomic mass is 10.2. The van der Waals surface area contributed by atoms with Crippen LogP contribution in [-0.2, 0) is 6.54 Å². The molecule has 2 aliphatic heterocycles. The lowest BCUT2D eigenvalue weighted by Gasteiger charge is -2.32. The summed E-state index contributed by atoms with van der Waals surface area (Å²) < 4.78 is 0. The third-order valence-electron chi connectivity index (χ3n) is 4.27. The van der Waals surface area contributed by atoms with Crippen molar-refractivity contribution in [2.45, 2.75) is 25.9 Å². The molecule has 1 unspecified atom stereocenters. The van der Waals surface area contributed by atoms with E-state index in [-0.39, 0.29) is 0 Å². The van der Waals surface area contributed by atoms with Crippen LogP contribution in [0, 0.1) is 6.92 Å². The minimum atomic E-state index is 0.757. The summed E-state index contributed by atoms with van der Waals surface area (Å²) >= 11 is 0. The summed E-state index contributed by atoms with van der Waals surface area (Å²) in [5.41, 5.74) is 2.44. The number of aryl methyl sites for hydroxylation is 1. The second-order valence-corrected chi connectivity index (χ2v) is 5.79. The lowest BCUT2D eigenvalue weighted by molar-refractivity contribution is 0.170. The van der Waals surface area contributed by atoms with Gasteiger partial charge in [0.1, 0.15) is 0 Å². The first-order valence-corrected chi connectivity index (χ1v) is 7.40. The van der Waals surface area contributed by atoms with Crippen LogP contribution in [0.25, 0.3) is 0 Å². The van der Waals surface area contributed by atoms with Crippen LogP contribution in [0.5, 0.6) is 0 Å². The maximum absolute atomic E-state index is 4.51. The van der Waals surface area contributed by atoms with Crippen molar-refractivity contribution in [1.29, 1.82) is 0 Å². The van der Waals surface area contributed by atoms with Crippen molar-refractivity contribution < 1.29 is 0 Å². The first kappa shape index (κ1) is 13.0. The predicted octanol–water partition coefficient (Wildman–Crippen LogP) is 0.870. The van der Waals surface area contributed by atoms with E-state index in [1.807, 2.05) is 6.20 Å². The van der Waals surface area contributed by atoms with Crippen molar-refractivity contribution in [2.75, 3.05) is 39.3 Å². The second kappa shape index (κ2) is 5.99. The van der Waals surface area contributed by atoms with E-state index in [4.69, 9.17) is 0 Å². The molecular formula is C15H24N4. The molecular weight excluding hydrogens is 236 g/mol. The molecule has 4 heteroatoms. The van der Waals surface area contributed by atoms with Crippen LogP contribution in [0.2, 0.25) is 0 Å². The lowest BCUT2D eigenvalue weighted by Crippen LogP contribution is -2.49. The van der Waals surface area contributed by atoms with Crippen molar-refractivity contribution in [3.05, 3.63) is 29.6 Å². The van der Waals surface area contributed by atoms with Gasteiger partial charge in [0, 0.05) is 58.1 Å². The fourth-order valence-electron chi connectivity index (χ4n) is 3.12. The van der Waals surface area contributed by atoms with Crippen LogP contribution in [-0.4, -0.2) is 60.1 Å². The van der Waals surface area contributed by atoms with Crippen molar-refractivity contribution in [2.24, 2.45) is 0 Å². The van der Waals surface area contributed by atoms with Crippen molar-refractivity contribution in [3.8, 4) is 0 Å². The number of likely N-dealkylation sites (tertiary alicyclic amines) is 1. The molecule has 2 saturated heterocycles. The fourth-order valence-corrected chi connectivity index (χ4v) is 3.12. The standard InChI is InChI=1S/C15H24N4/c1-13-2-3-14(17-10-13)11-18-7-4-15(12-18)19-8-5-16-6-9-19/h2-3,10,15-16H,4-9,11-12H2,1H3. The van der Waals surface area contributed by atoms with Crippen LogP contribution in [0.1, 0.15) is 17.7 Å². The molecule has 1 aromatic heterocycles. The Bertz CT molecular complexity index is 397. The zero-order valence-electron chi connectivity index (χ0n) is 11.8. The molecule has 0 bridgehead atoms. The van der Waals surface area contributed by atoms with Crippen molar-refractivity contribution in [1.82, 2.24) is 20.1 Å². The summed E-state index contributed by atoms with van der Waals surface area (Å²) in [7, 11) is 0. The maximum Gasteiger partial charge on any atom is 0.0544 e. The van der Waals surface area contributed by atoms with Gasteiger partial charge in [0.2, 0.25) is 0 Å². The Morgan fingerprint density at radius 3 is 2.84 bits per heavy atom. The Morgan fingerprint density at radius 1 is 1.26 bits per heavy atom. The van der Waals surface area contributed by atoms with Gasteiger partial charge in [0.05, 0.1) is 5.69 Å². The largest absolute Gasteiger partial charge is 0.314 e. The molecule has 0 radical (unpaired) electrons. The molecule has 0 saturated carbocycles. The fraction of sp³-hybridized carbons (Fsp3) is 0.667. The van der Waals surface area contributed by atoms with Crippen LogP contribution in [0.15, 0.2) is 18.3 Å². The quantitative estimate of drug-likeness (QED) is 0.874. The Kier molecular flexibility index (Phi) is 4.11. The van der Waals surface area contributed by atoms with Crippen molar-refractivity contribution >= 4 is 0 Å². The highest BCUT2D eigenvalue weighted by atomic mass is 15.3. The van der Waals surface area contributed by atoms with Gasteiger partial charge in [-0.2, -0.15) is 0 Å². The third-order valence-corrected chi connectivity index (χ3v) is 4.27. The number of nitrogens with one attached hydrogen (secondary N) is 1. The summed E-state index contributed by atoms with van der Waals surface area (Å²) in [6.45, 7) is 10.2. The summed E-state index contributed by atoms with van der Waals surface area (Å²) in [6.07, 6.45) is 3.28. The number of rotatable bonds is 3. The summed E-state index contributed by atoms with van der Waals surface area (Å²) in [5, 5.41) is 3.43. The minimum absolute atomic E-state index is 0.757. The predicted molar refractivity (Wildman–Crippen MR) is 77.1 cm³/mol. The van der Waals surface area contributed by atoms with E-state index >= 15 is 0 Å². The zero-order chi connectivity index (χ0) is 13.1. The highest BCUT2D eigenvalue weighted by molar-refractivity contribution is 5.12.